The number of aromatic nitrogens is 2. The molecule has 1 aromatic carbocycles. The van der Waals surface area contributed by atoms with E-state index < -0.39 is 0 Å². The topological polar surface area (TPSA) is 54.9 Å². The summed E-state index contributed by atoms with van der Waals surface area (Å²) in [5, 5.41) is 12.1. The molecule has 0 spiro atoms. The van der Waals surface area contributed by atoms with Crippen LogP contribution in [0.3, 0.4) is 0 Å². The predicted molar refractivity (Wildman–Crippen MR) is 92.1 cm³/mol. The van der Waals surface area contributed by atoms with Crippen LogP contribution in [0.2, 0.25) is 0 Å². The molecular formula is C17H21N3OS. The second-order valence-electron chi connectivity index (χ2n) is 6.05. The van der Waals surface area contributed by atoms with E-state index in [-0.39, 0.29) is 11.3 Å². The van der Waals surface area contributed by atoms with E-state index >= 15 is 0 Å². The summed E-state index contributed by atoms with van der Waals surface area (Å²) in [6, 6.07) is 8.22. The van der Waals surface area contributed by atoms with E-state index in [1.807, 2.05) is 19.1 Å². The average molecular weight is 315 g/mol. The maximum absolute atomic E-state index is 11.9. The van der Waals surface area contributed by atoms with E-state index in [0.29, 0.717) is 5.13 Å². The lowest BCUT2D eigenvalue weighted by molar-refractivity contribution is -0.111. The van der Waals surface area contributed by atoms with Gasteiger partial charge in [-0.1, -0.05) is 63.3 Å². The number of hydrogen-bond acceptors (Lipinski definition) is 4. The van der Waals surface area contributed by atoms with Crippen molar-refractivity contribution in [1.29, 1.82) is 0 Å². The fourth-order valence-electron chi connectivity index (χ4n) is 1.86. The Balaban J connectivity index is 1.97. The third-order valence-corrected chi connectivity index (χ3v) is 4.19. The highest BCUT2D eigenvalue weighted by molar-refractivity contribution is 7.15. The van der Waals surface area contributed by atoms with Gasteiger partial charge in [0.05, 0.1) is 0 Å². The van der Waals surface area contributed by atoms with Crippen molar-refractivity contribution in [2.75, 3.05) is 5.32 Å². The summed E-state index contributed by atoms with van der Waals surface area (Å²) in [4.78, 5) is 11.9. The molecule has 1 heterocycles. The minimum atomic E-state index is -0.196. The van der Waals surface area contributed by atoms with Crippen LogP contribution >= 0.6 is 11.3 Å². The minimum Gasteiger partial charge on any atom is -0.297 e. The molecule has 2 aromatic rings. The van der Waals surface area contributed by atoms with Crippen LogP contribution in [0.25, 0.3) is 6.08 Å². The molecule has 1 amide bonds. The molecule has 0 aliphatic heterocycles. The van der Waals surface area contributed by atoms with Crippen molar-refractivity contribution >= 4 is 28.5 Å². The summed E-state index contributed by atoms with van der Waals surface area (Å²) in [7, 11) is 0. The maximum Gasteiger partial charge on any atom is 0.250 e. The molecular weight excluding hydrogens is 294 g/mol. The molecule has 0 fully saturated rings. The minimum absolute atomic E-state index is 0.133. The molecule has 0 unspecified atom stereocenters. The zero-order valence-electron chi connectivity index (χ0n) is 13.4. The van der Waals surface area contributed by atoms with Gasteiger partial charge in [0.1, 0.15) is 5.01 Å². The van der Waals surface area contributed by atoms with Gasteiger partial charge >= 0.3 is 0 Å². The lowest BCUT2D eigenvalue weighted by Crippen LogP contribution is -2.10. The molecule has 5 heteroatoms. The number of amides is 1. The van der Waals surface area contributed by atoms with E-state index in [0.717, 1.165) is 17.0 Å². The molecule has 0 atom stereocenters. The van der Waals surface area contributed by atoms with Gasteiger partial charge in [0.25, 0.3) is 0 Å². The Hall–Kier alpha value is -2.01. The van der Waals surface area contributed by atoms with E-state index in [1.165, 1.54) is 23.0 Å². The monoisotopic (exact) mass is 315 g/mol. The van der Waals surface area contributed by atoms with Crippen LogP contribution in [0.4, 0.5) is 5.13 Å². The number of anilines is 1. The molecule has 22 heavy (non-hydrogen) atoms. The normalized spacial score (nSPS) is 11.8. The number of carbonyl (C=O) groups is 1. The van der Waals surface area contributed by atoms with Gasteiger partial charge in [-0.05, 0) is 29.0 Å². The highest BCUT2D eigenvalue weighted by atomic mass is 32.1. The number of nitrogens with one attached hydrogen (secondary N) is 1. The molecule has 0 aliphatic carbocycles. The first-order valence-corrected chi connectivity index (χ1v) is 8.12. The Morgan fingerprint density at radius 3 is 2.45 bits per heavy atom. The maximum atomic E-state index is 11.9. The summed E-state index contributed by atoms with van der Waals surface area (Å²) < 4.78 is 0. The second kappa shape index (κ2) is 6.83. The van der Waals surface area contributed by atoms with Gasteiger partial charge in [0.15, 0.2) is 0 Å². The number of rotatable bonds is 4. The highest BCUT2D eigenvalue weighted by Gasteiger charge is 2.12. The number of hydrogen-bond donors (Lipinski definition) is 1. The van der Waals surface area contributed by atoms with E-state index in [9.17, 15) is 4.79 Å². The quantitative estimate of drug-likeness (QED) is 0.866. The first-order valence-electron chi connectivity index (χ1n) is 7.30. The Bertz CT molecular complexity index is 666. The third-order valence-electron chi connectivity index (χ3n) is 3.20. The largest absolute Gasteiger partial charge is 0.297 e. The van der Waals surface area contributed by atoms with Gasteiger partial charge in [-0.15, -0.1) is 10.2 Å². The molecule has 0 saturated carbocycles. The number of carbonyl (C=O) groups excluding carboxylic acids is 1. The smallest absolute Gasteiger partial charge is 0.250 e. The van der Waals surface area contributed by atoms with E-state index in [4.69, 9.17) is 0 Å². The summed E-state index contributed by atoms with van der Waals surface area (Å²) in [5.41, 5.74) is 2.40. The van der Waals surface area contributed by atoms with Crippen molar-refractivity contribution in [3.8, 4) is 0 Å². The zero-order valence-corrected chi connectivity index (χ0v) is 14.2. The first kappa shape index (κ1) is 16.4. The molecule has 0 aliphatic rings. The van der Waals surface area contributed by atoms with Crippen molar-refractivity contribution in [2.45, 2.75) is 39.5 Å². The number of nitrogens with zero attached hydrogens (tertiary/aromatic N) is 2. The van der Waals surface area contributed by atoms with Crippen molar-refractivity contribution in [3.63, 3.8) is 0 Å². The molecule has 1 aromatic heterocycles. The summed E-state index contributed by atoms with van der Waals surface area (Å²) in [5.74, 6) is -0.196. The van der Waals surface area contributed by atoms with E-state index in [2.05, 4.69) is 48.4 Å². The molecule has 1 N–H and O–H groups in total. The average Bonchev–Trinajstić information content (AvgIpc) is 2.92. The number of benzene rings is 1. The van der Waals surface area contributed by atoms with E-state index in [1.54, 1.807) is 6.08 Å². The van der Waals surface area contributed by atoms with Gasteiger partial charge in [0, 0.05) is 6.08 Å². The van der Waals surface area contributed by atoms with Gasteiger partial charge in [0.2, 0.25) is 11.0 Å². The lowest BCUT2D eigenvalue weighted by atomic mass is 9.87. The Labute approximate surface area is 135 Å². The molecule has 4 nitrogen and oxygen atoms in total. The van der Waals surface area contributed by atoms with Gasteiger partial charge < -0.3 is 0 Å². The molecule has 116 valence electrons. The molecule has 2 rings (SSSR count). The van der Waals surface area contributed by atoms with Crippen molar-refractivity contribution in [2.24, 2.45) is 0 Å². The molecule has 0 bridgehead atoms. The van der Waals surface area contributed by atoms with Gasteiger partial charge in [-0.25, -0.2) is 0 Å². The molecule has 0 saturated heterocycles. The van der Waals surface area contributed by atoms with Crippen molar-refractivity contribution in [3.05, 3.63) is 46.5 Å². The van der Waals surface area contributed by atoms with Crippen LogP contribution in [0, 0.1) is 0 Å². The summed E-state index contributed by atoms with van der Waals surface area (Å²) in [6.07, 6.45) is 4.13. The fourth-order valence-corrected chi connectivity index (χ4v) is 2.54. The fraction of sp³-hybridized carbons (Fsp3) is 0.353. The SMILES string of the molecule is CCc1nnc(NC(=O)C=Cc2ccc(C(C)(C)C)cc2)s1. The van der Waals surface area contributed by atoms with Crippen LogP contribution in [0.5, 0.6) is 0 Å². The second-order valence-corrected chi connectivity index (χ2v) is 7.11. The first-order chi connectivity index (χ1) is 10.4. The summed E-state index contributed by atoms with van der Waals surface area (Å²) >= 11 is 1.40. The van der Waals surface area contributed by atoms with Gasteiger partial charge in [-0.2, -0.15) is 0 Å². The van der Waals surface area contributed by atoms with Crippen LogP contribution < -0.4 is 5.32 Å². The van der Waals surface area contributed by atoms with Crippen LogP contribution in [-0.4, -0.2) is 16.1 Å². The highest BCUT2D eigenvalue weighted by Crippen LogP contribution is 2.22. The Kier molecular flexibility index (Phi) is 5.08. The lowest BCUT2D eigenvalue weighted by Gasteiger charge is -2.18. The zero-order chi connectivity index (χ0) is 16.2. The van der Waals surface area contributed by atoms with Crippen LogP contribution in [-0.2, 0) is 16.6 Å². The van der Waals surface area contributed by atoms with Crippen molar-refractivity contribution in [1.82, 2.24) is 10.2 Å². The molecule has 0 radical (unpaired) electrons. The standard InChI is InChI=1S/C17H21N3OS/c1-5-15-19-20-16(22-15)18-14(21)11-8-12-6-9-13(10-7-12)17(2,3)4/h6-11H,5H2,1-4H3,(H,18,20,21). The Morgan fingerprint density at radius 1 is 1.23 bits per heavy atom. The predicted octanol–water partition coefficient (Wildman–Crippen LogP) is 4.05. The van der Waals surface area contributed by atoms with Crippen molar-refractivity contribution < 1.29 is 4.79 Å². The Morgan fingerprint density at radius 2 is 1.91 bits per heavy atom. The number of aryl methyl sites for hydroxylation is 1. The third kappa shape index (κ3) is 4.49. The van der Waals surface area contributed by atoms with Gasteiger partial charge in [-0.3, -0.25) is 10.1 Å². The van der Waals surface area contributed by atoms with Crippen LogP contribution in [0.15, 0.2) is 30.3 Å². The summed E-state index contributed by atoms with van der Waals surface area (Å²) in [6.45, 7) is 8.54. The van der Waals surface area contributed by atoms with Crippen LogP contribution in [0.1, 0.15) is 43.8 Å².